The molecule has 0 saturated heterocycles. The molecular weight excluding hydrogens is 303 g/mol. The minimum Gasteiger partial charge on any atom is -1.00 e. The molecule has 0 aliphatic rings. The van der Waals surface area contributed by atoms with E-state index in [0.29, 0.717) is 4.90 Å². The maximum Gasteiger partial charge on any atom is 1.00 e. The van der Waals surface area contributed by atoms with Gasteiger partial charge in [-0.05, 0) is 29.9 Å². The summed E-state index contributed by atoms with van der Waals surface area (Å²) in [6.45, 7) is 2.23. The summed E-state index contributed by atoms with van der Waals surface area (Å²) < 4.78 is 20.8. The number of aryl methyl sites for hydroxylation is 1. The minimum absolute atomic E-state index is 0. The van der Waals surface area contributed by atoms with Crippen molar-refractivity contribution in [2.24, 2.45) is 0 Å². The summed E-state index contributed by atoms with van der Waals surface area (Å²) in [5, 5.41) is 2.02. The quantitative estimate of drug-likeness (QED) is 0.459. The zero-order valence-electron chi connectivity index (χ0n) is 14.7. The predicted octanol–water partition coefficient (Wildman–Crippen LogP) is 2.44. The maximum atomic E-state index is 11.4. The second-order valence-electron chi connectivity index (χ2n) is 5.54. The average Bonchev–Trinajstić information content (AvgIpc) is 2.50. The summed E-state index contributed by atoms with van der Waals surface area (Å²) >= 11 is -1.92. The van der Waals surface area contributed by atoms with Crippen molar-refractivity contribution < 1.29 is 39.7 Å². The normalized spacial score (nSPS) is 12.1. The summed E-state index contributed by atoms with van der Waals surface area (Å²) in [6, 6.07) is 11.7. The van der Waals surface area contributed by atoms with Crippen molar-refractivity contribution in [2.45, 2.75) is 56.8 Å². The SMILES string of the molecule is CCCCCCCCc1cccc2c(S(=O)O)cccc12.[H-].[Na+]. The number of unbranched alkanes of at least 4 members (excludes halogenated alkanes) is 5. The van der Waals surface area contributed by atoms with Crippen LogP contribution in [0, 0.1) is 0 Å². The molecule has 0 aromatic heterocycles. The Kier molecular flexibility index (Phi) is 9.53. The Labute approximate surface area is 159 Å². The Bertz CT molecular complexity index is 619. The summed E-state index contributed by atoms with van der Waals surface area (Å²) in [7, 11) is 0. The number of rotatable bonds is 8. The van der Waals surface area contributed by atoms with E-state index in [0.717, 1.165) is 17.2 Å². The van der Waals surface area contributed by atoms with Crippen molar-refractivity contribution in [3.63, 3.8) is 0 Å². The Hall–Kier alpha value is -0.190. The van der Waals surface area contributed by atoms with E-state index < -0.39 is 11.1 Å². The van der Waals surface area contributed by atoms with Gasteiger partial charge in [-0.3, -0.25) is 0 Å². The first-order valence-corrected chi connectivity index (χ1v) is 8.96. The fraction of sp³-hybridized carbons (Fsp3) is 0.444. The van der Waals surface area contributed by atoms with E-state index in [1.54, 1.807) is 6.07 Å². The van der Waals surface area contributed by atoms with Gasteiger partial charge in [0.25, 0.3) is 0 Å². The van der Waals surface area contributed by atoms with Crippen LogP contribution in [0.15, 0.2) is 41.3 Å². The Morgan fingerprint density at radius 1 is 0.955 bits per heavy atom. The zero-order chi connectivity index (χ0) is 15.1. The Morgan fingerprint density at radius 3 is 2.32 bits per heavy atom. The van der Waals surface area contributed by atoms with Crippen LogP contribution in [0.2, 0.25) is 0 Å². The van der Waals surface area contributed by atoms with E-state index >= 15 is 0 Å². The largest absolute Gasteiger partial charge is 1.00 e. The van der Waals surface area contributed by atoms with Gasteiger partial charge in [0.05, 0.1) is 4.90 Å². The molecule has 1 unspecified atom stereocenters. The van der Waals surface area contributed by atoms with Crippen LogP contribution in [0.25, 0.3) is 10.8 Å². The van der Waals surface area contributed by atoms with Gasteiger partial charge in [-0.1, -0.05) is 69.4 Å². The fourth-order valence-corrected chi connectivity index (χ4v) is 3.37. The monoisotopic (exact) mass is 328 g/mol. The van der Waals surface area contributed by atoms with Crippen molar-refractivity contribution in [3.8, 4) is 0 Å². The average molecular weight is 328 g/mol. The van der Waals surface area contributed by atoms with Crippen LogP contribution < -0.4 is 29.6 Å². The molecule has 0 bridgehead atoms. The number of fused-ring (bicyclic) bond motifs is 1. The van der Waals surface area contributed by atoms with E-state index in [1.807, 2.05) is 18.2 Å². The molecule has 2 aromatic rings. The third-order valence-corrected chi connectivity index (χ3v) is 4.69. The van der Waals surface area contributed by atoms with Crippen molar-refractivity contribution >= 4 is 21.9 Å². The van der Waals surface area contributed by atoms with Crippen LogP contribution in [0.4, 0.5) is 0 Å². The van der Waals surface area contributed by atoms with E-state index in [-0.39, 0.29) is 31.0 Å². The van der Waals surface area contributed by atoms with E-state index in [9.17, 15) is 8.76 Å². The van der Waals surface area contributed by atoms with Crippen LogP contribution >= 0.6 is 0 Å². The molecular formula is C18H25NaO2S. The molecule has 0 amide bonds. The molecule has 2 rings (SSSR count). The number of hydrogen-bond donors (Lipinski definition) is 1. The second kappa shape index (κ2) is 10.6. The van der Waals surface area contributed by atoms with Crippen molar-refractivity contribution in [1.82, 2.24) is 0 Å². The molecule has 0 radical (unpaired) electrons. The molecule has 0 heterocycles. The number of hydrogen-bond acceptors (Lipinski definition) is 1. The molecule has 1 N–H and O–H groups in total. The molecule has 0 saturated carbocycles. The smallest absolute Gasteiger partial charge is 1.00 e. The van der Waals surface area contributed by atoms with Crippen LogP contribution in [0.5, 0.6) is 0 Å². The fourth-order valence-electron chi connectivity index (χ4n) is 2.81. The third-order valence-electron chi connectivity index (χ3n) is 3.96. The minimum atomic E-state index is -1.92. The molecule has 4 heteroatoms. The summed E-state index contributed by atoms with van der Waals surface area (Å²) in [4.78, 5) is 0.511. The van der Waals surface area contributed by atoms with Gasteiger partial charge in [0.1, 0.15) is 0 Å². The van der Waals surface area contributed by atoms with Gasteiger partial charge in [0.2, 0.25) is 0 Å². The first kappa shape index (κ1) is 19.9. The first-order chi connectivity index (χ1) is 10.2. The standard InChI is InChI=1S/C18H24O2S.Na.H/c1-2-3-4-5-6-7-10-15-11-8-13-17-16(15)12-9-14-18(17)21(19)20;;/h8-9,11-14H,2-7,10H2,1H3,(H,19,20);;/q;+1;-1. The number of benzene rings is 2. The van der Waals surface area contributed by atoms with Gasteiger partial charge in [-0.15, -0.1) is 0 Å². The maximum absolute atomic E-state index is 11.4. The van der Waals surface area contributed by atoms with E-state index in [1.165, 1.54) is 44.1 Å². The molecule has 116 valence electrons. The van der Waals surface area contributed by atoms with Crippen LogP contribution in [-0.4, -0.2) is 8.76 Å². The molecule has 0 fully saturated rings. The summed E-state index contributed by atoms with van der Waals surface area (Å²) in [5.74, 6) is 0. The van der Waals surface area contributed by atoms with E-state index in [2.05, 4.69) is 19.1 Å². The van der Waals surface area contributed by atoms with Gasteiger partial charge in [0.15, 0.2) is 11.1 Å². The van der Waals surface area contributed by atoms with E-state index in [4.69, 9.17) is 0 Å². The van der Waals surface area contributed by atoms with Crippen molar-refractivity contribution in [3.05, 3.63) is 42.0 Å². The molecule has 0 aliphatic carbocycles. The molecule has 2 aromatic carbocycles. The molecule has 22 heavy (non-hydrogen) atoms. The van der Waals surface area contributed by atoms with Gasteiger partial charge in [-0.25, -0.2) is 4.21 Å². The molecule has 1 atom stereocenters. The topological polar surface area (TPSA) is 37.3 Å². The van der Waals surface area contributed by atoms with Crippen molar-refractivity contribution in [2.75, 3.05) is 0 Å². The van der Waals surface area contributed by atoms with Gasteiger partial charge < -0.3 is 5.98 Å². The Balaban J connectivity index is 0.00000242. The molecule has 0 spiro atoms. The Morgan fingerprint density at radius 2 is 1.59 bits per heavy atom. The second-order valence-corrected chi connectivity index (χ2v) is 6.47. The third kappa shape index (κ3) is 5.47. The van der Waals surface area contributed by atoms with Crippen LogP contribution in [-0.2, 0) is 17.5 Å². The molecule has 2 nitrogen and oxygen atoms in total. The zero-order valence-corrected chi connectivity index (χ0v) is 16.5. The van der Waals surface area contributed by atoms with Crippen molar-refractivity contribution in [1.29, 1.82) is 0 Å². The van der Waals surface area contributed by atoms with Crippen LogP contribution in [0.3, 0.4) is 0 Å². The van der Waals surface area contributed by atoms with Gasteiger partial charge in [0, 0.05) is 5.39 Å². The molecule has 0 aliphatic heterocycles. The van der Waals surface area contributed by atoms with Gasteiger partial charge in [-0.2, -0.15) is 0 Å². The summed E-state index contributed by atoms with van der Waals surface area (Å²) in [5.41, 5.74) is 1.29. The predicted molar refractivity (Wildman–Crippen MR) is 91.2 cm³/mol. The summed E-state index contributed by atoms with van der Waals surface area (Å²) in [6.07, 6.45) is 8.76. The van der Waals surface area contributed by atoms with Gasteiger partial charge >= 0.3 is 29.6 Å². The van der Waals surface area contributed by atoms with Crippen LogP contribution in [0.1, 0.15) is 52.4 Å². The first-order valence-electron chi connectivity index (χ1n) is 7.85.